The van der Waals surface area contributed by atoms with E-state index in [-0.39, 0.29) is 0 Å². The van der Waals surface area contributed by atoms with Gasteiger partial charge in [0.2, 0.25) is 5.91 Å². The molecular formula is C20H31N3O2. The van der Waals surface area contributed by atoms with Crippen LogP contribution in [0.1, 0.15) is 38.2 Å². The maximum absolute atomic E-state index is 12.3. The maximum atomic E-state index is 12.3. The van der Waals surface area contributed by atoms with Gasteiger partial charge in [-0.2, -0.15) is 0 Å². The molecule has 1 aromatic heterocycles. The number of morpholine rings is 1. The fourth-order valence-corrected chi connectivity index (χ4v) is 3.97. The molecule has 2 aliphatic rings. The van der Waals surface area contributed by atoms with Gasteiger partial charge in [0.05, 0.1) is 13.2 Å². The second-order valence-electron chi connectivity index (χ2n) is 7.43. The van der Waals surface area contributed by atoms with Crippen LogP contribution in [0, 0.1) is 5.92 Å². The van der Waals surface area contributed by atoms with E-state index in [2.05, 4.69) is 22.9 Å². The van der Waals surface area contributed by atoms with Gasteiger partial charge in [-0.1, -0.05) is 6.07 Å². The van der Waals surface area contributed by atoms with Gasteiger partial charge in [0, 0.05) is 37.9 Å². The highest BCUT2D eigenvalue weighted by Crippen LogP contribution is 2.24. The molecule has 1 aromatic rings. The summed E-state index contributed by atoms with van der Waals surface area (Å²) in [5.41, 5.74) is 1.31. The molecule has 0 spiro atoms. The Morgan fingerprint density at radius 2 is 2.04 bits per heavy atom. The van der Waals surface area contributed by atoms with Crippen molar-refractivity contribution in [2.75, 3.05) is 39.4 Å². The first-order chi connectivity index (χ1) is 12.2. The molecule has 0 aromatic carbocycles. The van der Waals surface area contributed by atoms with Crippen LogP contribution in [0.4, 0.5) is 0 Å². The summed E-state index contributed by atoms with van der Waals surface area (Å²) in [5.74, 6) is 1.02. The van der Waals surface area contributed by atoms with Gasteiger partial charge in [0.1, 0.15) is 0 Å². The number of likely N-dealkylation sites (tertiary alicyclic amines) is 1. The Morgan fingerprint density at radius 1 is 1.28 bits per heavy atom. The Balaban J connectivity index is 1.36. The van der Waals surface area contributed by atoms with Crippen LogP contribution in [0.5, 0.6) is 0 Å². The third-order valence-electron chi connectivity index (χ3n) is 5.66. The van der Waals surface area contributed by atoms with Crippen molar-refractivity contribution in [3.63, 3.8) is 0 Å². The lowest BCUT2D eigenvalue weighted by Gasteiger charge is -2.36. The summed E-state index contributed by atoms with van der Waals surface area (Å²) in [7, 11) is 0. The number of amides is 1. The molecule has 138 valence electrons. The fraction of sp³-hybridized carbons (Fsp3) is 0.700. The Hall–Kier alpha value is -1.46. The summed E-state index contributed by atoms with van der Waals surface area (Å²) < 4.78 is 5.32. The average Bonchev–Trinajstić information content (AvgIpc) is 2.68. The van der Waals surface area contributed by atoms with E-state index in [9.17, 15) is 4.79 Å². The number of carbonyl (C=O) groups excluding carboxylic acids is 1. The van der Waals surface area contributed by atoms with Crippen molar-refractivity contribution in [1.82, 2.24) is 14.8 Å². The minimum atomic E-state index is 0.315. The van der Waals surface area contributed by atoms with E-state index < -0.39 is 0 Å². The molecular weight excluding hydrogens is 314 g/mol. The van der Waals surface area contributed by atoms with E-state index in [1.807, 2.05) is 23.4 Å². The van der Waals surface area contributed by atoms with E-state index in [4.69, 9.17) is 4.74 Å². The topological polar surface area (TPSA) is 45.7 Å². The van der Waals surface area contributed by atoms with Crippen molar-refractivity contribution in [3.05, 3.63) is 30.1 Å². The van der Waals surface area contributed by atoms with Crippen molar-refractivity contribution in [2.24, 2.45) is 5.92 Å². The molecule has 1 unspecified atom stereocenters. The van der Waals surface area contributed by atoms with Crippen LogP contribution in [0.15, 0.2) is 24.5 Å². The van der Waals surface area contributed by atoms with Crippen molar-refractivity contribution < 1.29 is 9.53 Å². The third kappa shape index (κ3) is 5.51. The van der Waals surface area contributed by atoms with Crippen molar-refractivity contribution in [1.29, 1.82) is 0 Å². The van der Waals surface area contributed by atoms with Crippen LogP contribution in [-0.4, -0.2) is 66.1 Å². The number of ether oxygens (including phenoxy) is 1. The summed E-state index contributed by atoms with van der Waals surface area (Å²) in [5, 5.41) is 0. The largest absolute Gasteiger partial charge is 0.378 e. The molecule has 0 bridgehead atoms. The zero-order chi connectivity index (χ0) is 17.5. The van der Waals surface area contributed by atoms with Gasteiger partial charge < -0.3 is 14.5 Å². The third-order valence-corrected chi connectivity index (χ3v) is 5.66. The lowest BCUT2D eigenvalue weighted by Crippen LogP contribution is -2.42. The first-order valence-corrected chi connectivity index (χ1v) is 9.71. The SMILES string of the molecule is CC(Cc1cccnc1)N1CCC(CCC(=O)N2CCOCC2)CC1. The van der Waals surface area contributed by atoms with Crippen LogP contribution in [0.25, 0.3) is 0 Å². The monoisotopic (exact) mass is 345 g/mol. The predicted octanol–water partition coefficient (Wildman–Crippen LogP) is 2.36. The predicted molar refractivity (Wildman–Crippen MR) is 98.3 cm³/mol. The minimum Gasteiger partial charge on any atom is -0.378 e. The molecule has 25 heavy (non-hydrogen) atoms. The molecule has 5 nitrogen and oxygen atoms in total. The number of piperidine rings is 1. The summed E-state index contributed by atoms with van der Waals surface area (Å²) in [6.07, 6.45) is 9.05. The van der Waals surface area contributed by atoms with Crippen LogP contribution < -0.4 is 0 Å². The molecule has 1 atom stereocenters. The van der Waals surface area contributed by atoms with Crippen molar-refractivity contribution in [2.45, 2.75) is 45.1 Å². The number of carbonyl (C=O) groups is 1. The van der Waals surface area contributed by atoms with E-state index in [0.29, 0.717) is 37.5 Å². The second-order valence-corrected chi connectivity index (χ2v) is 7.43. The van der Waals surface area contributed by atoms with Crippen molar-refractivity contribution in [3.8, 4) is 0 Å². The van der Waals surface area contributed by atoms with E-state index in [1.54, 1.807) is 0 Å². The van der Waals surface area contributed by atoms with Crippen LogP contribution in [0.2, 0.25) is 0 Å². The molecule has 2 aliphatic heterocycles. The summed E-state index contributed by atoms with van der Waals surface area (Å²) >= 11 is 0. The van der Waals surface area contributed by atoms with Gasteiger partial charge >= 0.3 is 0 Å². The van der Waals surface area contributed by atoms with Gasteiger partial charge in [-0.15, -0.1) is 0 Å². The Kier molecular flexibility index (Phi) is 6.82. The first-order valence-electron chi connectivity index (χ1n) is 9.71. The lowest BCUT2D eigenvalue weighted by molar-refractivity contribution is -0.135. The average molecular weight is 345 g/mol. The highest BCUT2D eigenvalue weighted by atomic mass is 16.5. The summed E-state index contributed by atoms with van der Waals surface area (Å²) in [6, 6.07) is 4.73. The number of rotatable bonds is 6. The Labute approximate surface area is 151 Å². The molecule has 2 saturated heterocycles. The Morgan fingerprint density at radius 3 is 2.72 bits per heavy atom. The second kappa shape index (κ2) is 9.30. The molecule has 0 N–H and O–H groups in total. The van der Waals surface area contributed by atoms with Crippen molar-refractivity contribution >= 4 is 5.91 Å². The number of hydrogen-bond acceptors (Lipinski definition) is 4. The molecule has 5 heteroatoms. The molecule has 3 heterocycles. The van der Waals surface area contributed by atoms with Gasteiger partial charge in [0.25, 0.3) is 0 Å². The smallest absolute Gasteiger partial charge is 0.222 e. The number of nitrogens with zero attached hydrogens (tertiary/aromatic N) is 3. The molecule has 0 radical (unpaired) electrons. The summed E-state index contributed by atoms with van der Waals surface area (Å²) in [6.45, 7) is 7.54. The standard InChI is InChI=1S/C20H31N3O2/c1-17(15-19-3-2-8-21-16-19)22-9-6-18(7-10-22)4-5-20(24)23-11-13-25-14-12-23/h2-3,8,16-18H,4-7,9-15H2,1H3. The zero-order valence-electron chi connectivity index (χ0n) is 15.4. The minimum absolute atomic E-state index is 0.315. The van der Waals surface area contributed by atoms with Crippen LogP contribution in [0.3, 0.4) is 0 Å². The first kappa shape index (κ1) is 18.3. The van der Waals surface area contributed by atoms with Gasteiger partial charge in [-0.25, -0.2) is 0 Å². The normalized spacial score (nSPS) is 21.2. The zero-order valence-corrected chi connectivity index (χ0v) is 15.4. The van der Waals surface area contributed by atoms with E-state index in [1.165, 1.54) is 18.4 Å². The van der Waals surface area contributed by atoms with Gasteiger partial charge in [-0.05, 0) is 63.2 Å². The maximum Gasteiger partial charge on any atom is 0.222 e. The number of aromatic nitrogens is 1. The summed E-state index contributed by atoms with van der Waals surface area (Å²) in [4.78, 5) is 21.0. The molecule has 2 fully saturated rings. The fourth-order valence-electron chi connectivity index (χ4n) is 3.97. The van der Waals surface area contributed by atoms with Crippen LogP contribution >= 0.6 is 0 Å². The molecule has 0 saturated carbocycles. The molecule has 1 amide bonds. The molecule has 0 aliphatic carbocycles. The van der Waals surface area contributed by atoms with Crippen LogP contribution in [-0.2, 0) is 16.0 Å². The van der Waals surface area contributed by atoms with Gasteiger partial charge in [-0.3, -0.25) is 9.78 Å². The number of pyridine rings is 1. The number of hydrogen-bond donors (Lipinski definition) is 0. The highest BCUT2D eigenvalue weighted by Gasteiger charge is 2.24. The lowest BCUT2D eigenvalue weighted by atomic mass is 9.90. The molecule has 3 rings (SSSR count). The van der Waals surface area contributed by atoms with E-state index in [0.717, 1.165) is 39.0 Å². The quantitative estimate of drug-likeness (QED) is 0.794. The van der Waals surface area contributed by atoms with E-state index >= 15 is 0 Å². The van der Waals surface area contributed by atoms with Gasteiger partial charge in [0.15, 0.2) is 0 Å². The Bertz CT molecular complexity index is 523. The highest BCUT2D eigenvalue weighted by molar-refractivity contribution is 5.76.